The molecule has 6 nitrogen and oxygen atoms in total. The summed E-state index contributed by atoms with van der Waals surface area (Å²) >= 11 is 0. The van der Waals surface area contributed by atoms with Gasteiger partial charge in [0, 0.05) is 36.6 Å². The number of aromatic nitrogens is 4. The van der Waals surface area contributed by atoms with E-state index in [4.69, 9.17) is 9.72 Å². The van der Waals surface area contributed by atoms with Gasteiger partial charge in [-0.05, 0) is 63.3 Å². The molecule has 0 amide bonds. The Morgan fingerprint density at radius 1 is 1.04 bits per heavy atom. The van der Waals surface area contributed by atoms with Gasteiger partial charge in [0.15, 0.2) is 5.65 Å². The molecule has 0 atom stereocenters. The van der Waals surface area contributed by atoms with E-state index < -0.39 is 0 Å². The van der Waals surface area contributed by atoms with E-state index in [1.165, 1.54) is 5.56 Å². The molecule has 3 aromatic rings. The molecule has 1 aliphatic heterocycles. The molecule has 0 saturated carbocycles. The lowest BCUT2D eigenvalue weighted by molar-refractivity contribution is 0.214. The third-order valence-corrected chi connectivity index (χ3v) is 5.22. The van der Waals surface area contributed by atoms with E-state index >= 15 is 0 Å². The Bertz CT molecular complexity index is 950. The molecule has 4 heterocycles. The average molecular weight is 363 g/mol. The minimum absolute atomic E-state index is 0.533. The zero-order valence-corrected chi connectivity index (χ0v) is 16.1. The molecular formula is C21H25N5O. The molecular weight excluding hydrogens is 338 g/mol. The van der Waals surface area contributed by atoms with E-state index in [1.807, 2.05) is 13.8 Å². The van der Waals surface area contributed by atoms with Gasteiger partial charge in [-0.3, -0.25) is 4.98 Å². The maximum Gasteiger partial charge on any atom is 0.235 e. The number of anilines is 1. The lowest BCUT2D eigenvalue weighted by Gasteiger charge is -2.32. The number of rotatable bonds is 4. The topological polar surface area (TPSA) is 64.0 Å². The molecule has 0 spiro atoms. The van der Waals surface area contributed by atoms with Gasteiger partial charge in [0.05, 0.1) is 12.3 Å². The van der Waals surface area contributed by atoms with Crippen LogP contribution in [0.25, 0.3) is 11.0 Å². The summed E-state index contributed by atoms with van der Waals surface area (Å²) in [7, 11) is 0. The second-order valence-corrected chi connectivity index (χ2v) is 7.31. The number of ether oxygens (including phenoxy) is 1. The summed E-state index contributed by atoms with van der Waals surface area (Å²) in [6, 6.07) is 6.37. The number of piperidine rings is 1. The fourth-order valence-corrected chi connectivity index (χ4v) is 3.66. The molecule has 1 saturated heterocycles. The van der Waals surface area contributed by atoms with Crippen molar-refractivity contribution in [2.75, 3.05) is 24.6 Å². The van der Waals surface area contributed by atoms with Crippen molar-refractivity contribution in [2.45, 2.75) is 33.6 Å². The first-order valence-corrected chi connectivity index (χ1v) is 9.50. The van der Waals surface area contributed by atoms with E-state index in [1.54, 1.807) is 12.4 Å². The number of pyridine rings is 2. The van der Waals surface area contributed by atoms with Gasteiger partial charge in [0.1, 0.15) is 5.82 Å². The van der Waals surface area contributed by atoms with Crippen LogP contribution < -0.4 is 9.64 Å². The molecule has 1 fully saturated rings. The average Bonchev–Trinajstić information content (AvgIpc) is 2.67. The summed E-state index contributed by atoms with van der Waals surface area (Å²) in [5.74, 6) is 2.20. The van der Waals surface area contributed by atoms with Crippen LogP contribution >= 0.6 is 0 Å². The zero-order valence-electron chi connectivity index (χ0n) is 16.1. The molecule has 0 aromatic carbocycles. The molecule has 0 aliphatic carbocycles. The molecule has 27 heavy (non-hydrogen) atoms. The third-order valence-electron chi connectivity index (χ3n) is 5.22. The van der Waals surface area contributed by atoms with Gasteiger partial charge in [-0.2, -0.15) is 0 Å². The van der Waals surface area contributed by atoms with Crippen LogP contribution in [0.1, 0.15) is 29.8 Å². The minimum Gasteiger partial charge on any atom is -0.476 e. The number of fused-ring (bicyclic) bond motifs is 1. The maximum absolute atomic E-state index is 5.88. The smallest absolute Gasteiger partial charge is 0.235 e. The predicted octanol–water partition coefficient (Wildman–Crippen LogP) is 3.64. The Morgan fingerprint density at radius 3 is 2.59 bits per heavy atom. The van der Waals surface area contributed by atoms with Crippen molar-refractivity contribution in [3.8, 4) is 5.88 Å². The highest BCUT2D eigenvalue weighted by Crippen LogP contribution is 2.25. The SMILES string of the molecule is Cc1cc(C)c2ccc(N3CCC(COc4nccnc4C)CC3)nc2n1. The van der Waals surface area contributed by atoms with Crippen LogP contribution in [-0.4, -0.2) is 39.6 Å². The highest BCUT2D eigenvalue weighted by molar-refractivity contribution is 5.80. The first kappa shape index (κ1) is 17.6. The van der Waals surface area contributed by atoms with Crippen LogP contribution in [0, 0.1) is 26.7 Å². The van der Waals surface area contributed by atoms with Crippen molar-refractivity contribution < 1.29 is 4.74 Å². The van der Waals surface area contributed by atoms with Crippen molar-refractivity contribution in [2.24, 2.45) is 5.92 Å². The van der Waals surface area contributed by atoms with Crippen LogP contribution in [0.2, 0.25) is 0 Å². The number of nitrogens with zero attached hydrogens (tertiary/aromatic N) is 5. The van der Waals surface area contributed by atoms with Crippen molar-refractivity contribution in [1.29, 1.82) is 0 Å². The van der Waals surface area contributed by atoms with Gasteiger partial charge in [-0.25, -0.2) is 15.0 Å². The van der Waals surface area contributed by atoms with E-state index in [9.17, 15) is 0 Å². The van der Waals surface area contributed by atoms with E-state index in [0.29, 0.717) is 18.4 Å². The summed E-state index contributed by atoms with van der Waals surface area (Å²) in [4.78, 5) is 20.3. The Kier molecular flexibility index (Phi) is 4.88. The third kappa shape index (κ3) is 3.84. The Balaban J connectivity index is 1.39. The fourth-order valence-electron chi connectivity index (χ4n) is 3.66. The molecule has 0 N–H and O–H groups in total. The van der Waals surface area contributed by atoms with Gasteiger partial charge in [-0.1, -0.05) is 0 Å². The van der Waals surface area contributed by atoms with E-state index in [-0.39, 0.29) is 0 Å². The Morgan fingerprint density at radius 2 is 1.81 bits per heavy atom. The largest absolute Gasteiger partial charge is 0.476 e. The standard InChI is InChI=1S/C21H25N5O/c1-14-12-15(2)24-20-18(14)4-5-19(25-20)26-10-6-17(7-11-26)13-27-21-16(3)22-8-9-23-21/h4-5,8-9,12,17H,6-7,10-11,13H2,1-3H3. The summed E-state index contributed by atoms with van der Waals surface area (Å²) in [6.07, 6.45) is 5.53. The summed E-state index contributed by atoms with van der Waals surface area (Å²) in [6.45, 7) is 8.72. The molecule has 6 heteroatoms. The van der Waals surface area contributed by atoms with Crippen molar-refractivity contribution >= 4 is 16.9 Å². The normalized spacial score (nSPS) is 15.3. The summed E-state index contributed by atoms with van der Waals surface area (Å²) < 4.78 is 5.88. The van der Waals surface area contributed by atoms with E-state index in [0.717, 1.165) is 54.2 Å². The fraction of sp³-hybridized carbons (Fsp3) is 0.429. The Hall–Kier alpha value is -2.76. The second-order valence-electron chi connectivity index (χ2n) is 7.31. The number of hydrogen-bond acceptors (Lipinski definition) is 6. The quantitative estimate of drug-likeness (QED) is 0.705. The molecule has 4 rings (SSSR count). The van der Waals surface area contributed by atoms with Gasteiger partial charge in [0.25, 0.3) is 0 Å². The Labute approximate surface area is 159 Å². The van der Waals surface area contributed by atoms with Crippen molar-refractivity contribution in [3.63, 3.8) is 0 Å². The highest BCUT2D eigenvalue weighted by Gasteiger charge is 2.21. The summed E-state index contributed by atoms with van der Waals surface area (Å²) in [5, 5.41) is 1.13. The van der Waals surface area contributed by atoms with Crippen LogP contribution in [0.3, 0.4) is 0 Å². The van der Waals surface area contributed by atoms with Crippen LogP contribution in [0.15, 0.2) is 30.6 Å². The first-order valence-electron chi connectivity index (χ1n) is 9.50. The van der Waals surface area contributed by atoms with Gasteiger partial charge in [-0.15, -0.1) is 0 Å². The maximum atomic E-state index is 5.88. The van der Waals surface area contributed by atoms with Gasteiger partial charge in [0.2, 0.25) is 5.88 Å². The van der Waals surface area contributed by atoms with Crippen LogP contribution in [0.4, 0.5) is 5.82 Å². The molecule has 0 radical (unpaired) electrons. The molecule has 3 aromatic heterocycles. The van der Waals surface area contributed by atoms with Crippen molar-refractivity contribution in [1.82, 2.24) is 19.9 Å². The first-order chi connectivity index (χ1) is 13.1. The van der Waals surface area contributed by atoms with Crippen molar-refractivity contribution in [3.05, 3.63) is 47.5 Å². The van der Waals surface area contributed by atoms with Crippen LogP contribution in [-0.2, 0) is 0 Å². The second kappa shape index (κ2) is 7.47. The number of aryl methyl sites for hydroxylation is 3. The monoisotopic (exact) mass is 363 g/mol. The lowest BCUT2D eigenvalue weighted by Crippen LogP contribution is -2.36. The molecule has 0 bridgehead atoms. The predicted molar refractivity (Wildman–Crippen MR) is 106 cm³/mol. The van der Waals surface area contributed by atoms with Crippen LogP contribution in [0.5, 0.6) is 5.88 Å². The molecule has 1 aliphatic rings. The number of hydrogen-bond donors (Lipinski definition) is 0. The lowest BCUT2D eigenvalue weighted by atomic mass is 9.98. The van der Waals surface area contributed by atoms with Gasteiger partial charge >= 0.3 is 0 Å². The zero-order chi connectivity index (χ0) is 18.8. The van der Waals surface area contributed by atoms with E-state index in [2.05, 4.69) is 45.0 Å². The molecule has 0 unspecified atom stereocenters. The molecule has 140 valence electrons. The summed E-state index contributed by atoms with van der Waals surface area (Å²) in [5.41, 5.74) is 3.92. The highest BCUT2D eigenvalue weighted by atomic mass is 16.5. The van der Waals surface area contributed by atoms with Gasteiger partial charge < -0.3 is 9.64 Å². The minimum atomic E-state index is 0.533.